The molecule has 0 saturated carbocycles. The lowest BCUT2D eigenvalue weighted by Gasteiger charge is -2.13. The third-order valence-electron chi connectivity index (χ3n) is 2.57. The number of benzene rings is 1. The molecule has 0 aliphatic rings. The fraction of sp³-hybridized carbons (Fsp3) is 0.308. The molecule has 1 unspecified atom stereocenters. The van der Waals surface area contributed by atoms with Crippen LogP contribution in [0.3, 0.4) is 0 Å². The first-order valence-electron chi connectivity index (χ1n) is 5.53. The summed E-state index contributed by atoms with van der Waals surface area (Å²) in [6, 6.07) is 6.68. The van der Waals surface area contributed by atoms with Gasteiger partial charge in [0.05, 0.1) is 20.0 Å². The van der Waals surface area contributed by atoms with Crippen LogP contribution in [0, 0.1) is 5.92 Å². The zero-order chi connectivity index (χ0) is 14.4. The second-order valence-electron chi connectivity index (χ2n) is 3.92. The number of carboxylic acid groups (broad SMARTS) is 1. The van der Waals surface area contributed by atoms with Gasteiger partial charge in [-0.05, 0) is 6.07 Å². The van der Waals surface area contributed by atoms with Crippen LogP contribution < -0.4 is 0 Å². The Morgan fingerprint density at radius 2 is 1.89 bits per heavy atom. The van der Waals surface area contributed by atoms with Crippen LogP contribution in [-0.2, 0) is 14.3 Å². The summed E-state index contributed by atoms with van der Waals surface area (Å²) >= 11 is 3.23. The predicted molar refractivity (Wildman–Crippen MR) is 70.8 cm³/mol. The average Bonchev–Trinajstić information content (AvgIpc) is 2.37. The number of methoxy groups -OCH3 is 1. The van der Waals surface area contributed by atoms with E-state index >= 15 is 0 Å². The summed E-state index contributed by atoms with van der Waals surface area (Å²) in [5.41, 5.74) is 0.359. The molecule has 1 N–H and O–H groups in total. The van der Waals surface area contributed by atoms with Gasteiger partial charge in [-0.2, -0.15) is 0 Å². The maximum absolute atomic E-state index is 12.3. The van der Waals surface area contributed by atoms with Gasteiger partial charge in [-0.25, -0.2) is 0 Å². The highest BCUT2D eigenvalue weighted by Gasteiger charge is 2.27. The average molecular weight is 329 g/mol. The second-order valence-corrected chi connectivity index (χ2v) is 4.77. The van der Waals surface area contributed by atoms with Crippen molar-refractivity contribution in [3.8, 4) is 0 Å². The third kappa shape index (κ3) is 4.48. The molecule has 0 heterocycles. The molecule has 5 nitrogen and oxygen atoms in total. The standard InChI is InChI=1S/C13H13BrO5/c1-19-12(17)7-8(6-11(15)16)13(18)9-4-2-3-5-10(9)14/h2-5,8H,6-7H2,1H3,(H,15,16). The largest absolute Gasteiger partial charge is 0.481 e. The van der Waals surface area contributed by atoms with Crippen LogP contribution in [0.2, 0.25) is 0 Å². The molecule has 0 fully saturated rings. The lowest BCUT2D eigenvalue weighted by Crippen LogP contribution is -2.22. The molecule has 0 aromatic heterocycles. The summed E-state index contributed by atoms with van der Waals surface area (Å²) < 4.78 is 5.05. The molecule has 1 rings (SSSR count). The van der Waals surface area contributed by atoms with Crippen LogP contribution in [0.1, 0.15) is 23.2 Å². The number of ether oxygens (including phenoxy) is 1. The van der Waals surface area contributed by atoms with Crippen molar-refractivity contribution >= 4 is 33.7 Å². The van der Waals surface area contributed by atoms with Gasteiger partial charge in [0.2, 0.25) is 0 Å². The van der Waals surface area contributed by atoms with Gasteiger partial charge in [0.1, 0.15) is 0 Å². The monoisotopic (exact) mass is 328 g/mol. The van der Waals surface area contributed by atoms with Crippen molar-refractivity contribution < 1.29 is 24.2 Å². The molecule has 0 spiro atoms. The number of carbonyl (C=O) groups is 3. The minimum Gasteiger partial charge on any atom is -0.481 e. The van der Waals surface area contributed by atoms with Gasteiger partial charge in [-0.15, -0.1) is 0 Å². The Hall–Kier alpha value is -1.69. The molecule has 0 amide bonds. The number of hydrogen-bond acceptors (Lipinski definition) is 4. The SMILES string of the molecule is COC(=O)CC(CC(=O)O)C(=O)c1ccccc1Br. The van der Waals surface area contributed by atoms with E-state index in [2.05, 4.69) is 20.7 Å². The Morgan fingerprint density at radius 3 is 2.42 bits per heavy atom. The van der Waals surface area contributed by atoms with Crippen molar-refractivity contribution in [2.75, 3.05) is 7.11 Å². The predicted octanol–water partition coefficient (Wildman–Crippen LogP) is 2.29. The molecule has 0 saturated heterocycles. The lowest BCUT2D eigenvalue weighted by molar-refractivity contribution is -0.142. The molecule has 1 atom stereocenters. The Balaban J connectivity index is 2.97. The molecular weight excluding hydrogens is 316 g/mol. The second kappa shape index (κ2) is 7.04. The van der Waals surface area contributed by atoms with Crippen LogP contribution in [0.15, 0.2) is 28.7 Å². The summed E-state index contributed by atoms with van der Waals surface area (Å²) in [7, 11) is 1.20. The van der Waals surface area contributed by atoms with Gasteiger partial charge < -0.3 is 9.84 Å². The molecule has 6 heteroatoms. The summed E-state index contributed by atoms with van der Waals surface area (Å²) in [6.45, 7) is 0. The molecule has 0 radical (unpaired) electrons. The highest BCUT2D eigenvalue weighted by molar-refractivity contribution is 9.10. The molecule has 1 aromatic rings. The normalized spacial score (nSPS) is 11.7. The van der Waals surface area contributed by atoms with E-state index in [-0.39, 0.29) is 12.2 Å². The molecule has 0 aliphatic carbocycles. The topological polar surface area (TPSA) is 80.7 Å². The van der Waals surface area contributed by atoms with E-state index < -0.39 is 24.3 Å². The zero-order valence-corrected chi connectivity index (χ0v) is 11.8. The van der Waals surface area contributed by atoms with Gasteiger partial charge in [-0.1, -0.05) is 34.1 Å². The fourth-order valence-electron chi connectivity index (χ4n) is 1.63. The van der Waals surface area contributed by atoms with Crippen molar-refractivity contribution in [1.29, 1.82) is 0 Å². The highest BCUT2D eigenvalue weighted by atomic mass is 79.9. The quantitative estimate of drug-likeness (QED) is 0.640. The highest BCUT2D eigenvalue weighted by Crippen LogP contribution is 2.23. The van der Waals surface area contributed by atoms with E-state index in [4.69, 9.17) is 5.11 Å². The number of halogens is 1. The smallest absolute Gasteiger partial charge is 0.306 e. The first-order chi connectivity index (χ1) is 8.95. The number of ketones is 1. The zero-order valence-electron chi connectivity index (χ0n) is 10.3. The number of esters is 1. The summed E-state index contributed by atoms with van der Waals surface area (Å²) in [5, 5.41) is 8.82. The molecule has 19 heavy (non-hydrogen) atoms. The van der Waals surface area contributed by atoms with Gasteiger partial charge in [0.25, 0.3) is 0 Å². The fourth-order valence-corrected chi connectivity index (χ4v) is 2.11. The van der Waals surface area contributed by atoms with Crippen molar-refractivity contribution in [2.45, 2.75) is 12.8 Å². The lowest BCUT2D eigenvalue weighted by atomic mass is 9.92. The minimum absolute atomic E-state index is 0.247. The maximum atomic E-state index is 12.3. The number of Topliss-reactive ketones (excluding diaryl/α,β-unsaturated/α-hetero) is 1. The first-order valence-corrected chi connectivity index (χ1v) is 6.32. The van der Waals surface area contributed by atoms with Crippen LogP contribution in [0.5, 0.6) is 0 Å². The summed E-state index contributed by atoms with van der Waals surface area (Å²) in [5.74, 6) is -3.05. The van der Waals surface area contributed by atoms with Gasteiger partial charge >= 0.3 is 11.9 Å². The third-order valence-corrected chi connectivity index (χ3v) is 3.26. The Labute approximate surface area is 118 Å². The number of aliphatic carboxylic acids is 1. The van der Waals surface area contributed by atoms with E-state index in [1.165, 1.54) is 7.11 Å². The number of carbonyl (C=O) groups excluding carboxylic acids is 2. The number of hydrogen-bond donors (Lipinski definition) is 1. The van der Waals surface area contributed by atoms with Crippen LogP contribution >= 0.6 is 15.9 Å². The van der Waals surface area contributed by atoms with Crippen LogP contribution in [-0.4, -0.2) is 29.9 Å². The van der Waals surface area contributed by atoms with Crippen molar-refractivity contribution in [3.05, 3.63) is 34.3 Å². The molecular formula is C13H13BrO5. The minimum atomic E-state index is -1.13. The van der Waals surface area contributed by atoms with E-state index in [1.54, 1.807) is 24.3 Å². The Morgan fingerprint density at radius 1 is 1.26 bits per heavy atom. The van der Waals surface area contributed by atoms with Gasteiger partial charge in [0, 0.05) is 16.0 Å². The Bertz CT molecular complexity index is 498. The van der Waals surface area contributed by atoms with E-state index in [1.807, 2.05) is 0 Å². The summed E-state index contributed by atoms with van der Waals surface area (Å²) in [6.07, 6.45) is -0.655. The molecule has 1 aromatic carbocycles. The maximum Gasteiger partial charge on any atom is 0.306 e. The van der Waals surface area contributed by atoms with Gasteiger partial charge in [0.15, 0.2) is 5.78 Å². The number of carboxylic acids is 1. The van der Waals surface area contributed by atoms with Crippen molar-refractivity contribution in [2.24, 2.45) is 5.92 Å². The number of rotatable bonds is 6. The summed E-state index contributed by atoms with van der Waals surface area (Å²) in [4.78, 5) is 34.3. The van der Waals surface area contributed by atoms with Crippen LogP contribution in [0.25, 0.3) is 0 Å². The Kier molecular flexibility index (Phi) is 5.69. The molecule has 0 bridgehead atoms. The van der Waals surface area contributed by atoms with Crippen LogP contribution in [0.4, 0.5) is 0 Å². The first kappa shape index (κ1) is 15.4. The van der Waals surface area contributed by atoms with E-state index in [0.717, 1.165) is 0 Å². The van der Waals surface area contributed by atoms with E-state index in [0.29, 0.717) is 10.0 Å². The van der Waals surface area contributed by atoms with Gasteiger partial charge in [-0.3, -0.25) is 14.4 Å². The van der Waals surface area contributed by atoms with Crippen molar-refractivity contribution in [1.82, 2.24) is 0 Å². The molecule has 0 aliphatic heterocycles. The van der Waals surface area contributed by atoms with E-state index in [9.17, 15) is 14.4 Å². The van der Waals surface area contributed by atoms with Crippen molar-refractivity contribution in [3.63, 3.8) is 0 Å². The molecule has 102 valence electrons.